The first kappa shape index (κ1) is 16.6. The van der Waals surface area contributed by atoms with E-state index in [-0.39, 0.29) is 11.5 Å². The van der Waals surface area contributed by atoms with E-state index in [1.807, 2.05) is 20.8 Å². The Labute approximate surface area is 109 Å². The van der Waals surface area contributed by atoms with Gasteiger partial charge in [-0.05, 0) is 19.1 Å². The molecule has 0 saturated carbocycles. The number of rotatable bonds is 4. The third kappa shape index (κ3) is 4.84. The smallest absolute Gasteiger partial charge is 0.256 e. The molecule has 1 aromatic carbocycles. The van der Waals surface area contributed by atoms with Crippen LogP contribution >= 0.6 is 0 Å². The fourth-order valence-corrected chi connectivity index (χ4v) is 1.34. The maximum atomic E-state index is 13.4. The van der Waals surface area contributed by atoms with Gasteiger partial charge in [-0.1, -0.05) is 25.5 Å². The van der Waals surface area contributed by atoms with Crippen LogP contribution in [-0.2, 0) is 4.74 Å². The third-order valence-corrected chi connectivity index (χ3v) is 2.33. The predicted octanol–water partition coefficient (Wildman–Crippen LogP) is 2.88. The summed E-state index contributed by atoms with van der Waals surface area (Å²) in [4.78, 5) is 13.3. The Kier molecular flexibility index (Phi) is 7.96. The van der Waals surface area contributed by atoms with Gasteiger partial charge in [0.25, 0.3) is 5.91 Å². The van der Waals surface area contributed by atoms with Gasteiger partial charge in [0.2, 0.25) is 0 Å². The van der Waals surface area contributed by atoms with Crippen LogP contribution < -0.4 is 0 Å². The number of hydrogen-bond acceptors (Lipinski definition) is 2. The Balaban J connectivity index is 0.00000137. The molecule has 18 heavy (non-hydrogen) atoms. The summed E-state index contributed by atoms with van der Waals surface area (Å²) in [7, 11) is 3.19. The number of methoxy groups -OCH3 is 1. The van der Waals surface area contributed by atoms with E-state index in [1.54, 1.807) is 26.3 Å². The van der Waals surface area contributed by atoms with Gasteiger partial charge in [0.05, 0.1) is 12.2 Å². The largest absolute Gasteiger partial charge is 0.383 e. The molecule has 1 aromatic rings. The van der Waals surface area contributed by atoms with E-state index < -0.39 is 5.82 Å². The van der Waals surface area contributed by atoms with Gasteiger partial charge in [0.1, 0.15) is 5.82 Å². The second kappa shape index (κ2) is 8.64. The number of benzene rings is 1. The molecule has 0 radical (unpaired) electrons. The maximum Gasteiger partial charge on any atom is 0.256 e. The highest BCUT2D eigenvalue weighted by Gasteiger charge is 2.15. The first-order valence-electron chi connectivity index (χ1n) is 6.07. The zero-order chi connectivity index (χ0) is 14.1. The molecule has 0 aromatic heterocycles. The maximum absolute atomic E-state index is 13.4. The fraction of sp³-hybridized carbons (Fsp3) is 0.500. The molecule has 1 rings (SSSR count). The minimum atomic E-state index is -0.486. The molecule has 1 amide bonds. The average molecular weight is 255 g/mol. The molecule has 0 aliphatic rings. The molecular weight excluding hydrogens is 233 g/mol. The normalized spacial score (nSPS) is 9.44. The molecule has 0 spiro atoms. The van der Waals surface area contributed by atoms with Gasteiger partial charge >= 0.3 is 0 Å². The fourth-order valence-electron chi connectivity index (χ4n) is 1.34. The lowest BCUT2D eigenvalue weighted by Crippen LogP contribution is -2.30. The Morgan fingerprint density at radius 3 is 2.56 bits per heavy atom. The van der Waals surface area contributed by atoms with Gasteiger partial charge in [-0.15, -0.1) is 0 Å². The van der Waals surface area contributed by atoms with Crippen LogP contribution in [0.25, 0.3) is 0 Å². The summed E-state index contributed by atoms with van der Waals surface area (Å²) < 4.78 is 18.3. The lowest BCUT2D eigenvalue weighted by molar-refractivity contribution is 0.0739. The van der Waals surface area contributed by atoms with Gasteiger partial charge in [-0.25, -0.2) is 4.39 Å². The summed E-state index contributed by atoms with van der Waals surface area (Å²) in [6, 6.07) is 4.51. The zero-order valence-corrected chi connectivity index (χ0v) is 11.8. The van der Waals surface area contributed by atoms with Crippen molar-refractivity contribution in [2.75, 3.05) is 27.3 Å². The first-order chi connectivity index (χ1) is 8.56. The number of likely N-dealkylation sites (N-methyl/N-ethyl adjacent to an activating group) is 1. The van der Waals surface area contributed by atoms with Crippen molar-refractivity contribution in [2.45, 2.75) is 20.8 Å². The minimum absolute atomic E-state index is 0.110. The zero-order valence-electron chi connectivity index (χ0n) is 11.8. The molecule has 0 unspecified atom stereocenters. The molecule has 0 aliphatic heterocycles. The first-order valence-corrected chi connectivity index (χ1v) is 6.07. The predicted molar refractivity (Wildman–Crippen MR) is 71.3 cm³/mol. The van der Waals surface area contributed by atoms with E-state index in [4.69, 9.17) is 4.74 Å². The molecule has 0 atom stereocenters. The Hall–Kier alpha value is -1.42. The van der Waals surface area contributed by atoms with Gasteiger partial charge < -0.3 is 9.64 Å². The van der Waals surface area contributed by atoms with Crippen molar-refractivity contribution >= 4 is 5.91 Å². The lowest BCUT2D eigenvalue weighted by atomic mass is 10.1. The van der Waals surface area contributed by atoms with Crippen molar-refractivity contribution in [3.63, 3.8) is 0 Å². The van der Waals surface area contributed by atoms with E-state index in [2.05, 4.69) is 0 Å². The molecule has 0 fully saturated rings. The van der Waals surface area contributed by atoms with Gasteiger partial charge in [0.15, 0.2) is 0 Å². The minimum Gasteiger partial charge on any atom is -0.383 e. The van der Waals surface area contributed by atoms with E-state index in [9.17, 15) is 9.18 Å². The van der Waals surface area contributed by atoms with E-state index in [0.29, 0.717) is 13.2 Å². The molecule has 0 heterocycles. The number of carbonyl (C=O) groups is 1. The topological polar surface area (TPSA) is 29.5 Å². The Morgan fingerprint density at radius 2 is 2.00 bits per heavy atom. The van der Waals surface area contributed by atoms with Crippen molar-refractivity contribution in [2.24, 2.45) is 0 Å². The molecule has 0 bridgehead atoms. The van der Waals surface area contributed by atoms with Gasteiger partial charge in [-0.2, -0.15) is 0 Å². The van der Waals surface area contributed by atoms with Crippen molar-refractivity contribution in [3.8, 4) is 0 Å². The second-order valence-corrected chi connectivity index (χ2v) is 3.70. The van der Waals surface area contributed by atoms with Crippen LogP contribution in [0.15, 0.2) is 18.2 Å². The number of halogens is 1. The summed E-state index contributed by atoms with van der Waals surface area (Å²) in [5.74, 6) is -0.807. The van der Waals surface area contributed by atoms with Crippen molar-refractivity contribution in [3.05, 3.63) is 35.1 Å². The van der Waals surface area contributed by atoms with Crippen molar-refractivity contribution in [1.82, 2.24) is 4.90 Å². The monoisotopic (exact) mass is 255 g/mol. The van der Waals surface area contributed by atoms with Crippen LogP contribution in [0.1, 0.15) is 29.8 Å². The highest BCUT2D eigenvalue weighted by molar-refractivity contribution is 5.94. The number of hydrogen-bond donors (Lipinski definition) is 0. The van der Waals surface area contributed by atoms with E-state index in [1.165, 1.54) is 11.0 Å². The van der Waals surface area contributed by atoms with Crippen molar-refractivity contribution < 1.29 is 13.9 Å². The number of nitrogens with zero attached hydrogens (tertiary/aromatic N) is 1. The summed E-state index contributed by atoms with van der Waals surface area (Å²) in [6.45, 7) is 6.71. The van der Waals surface area contributed by atoms with E-state index in [0.717, 1.165) is 5.56 Å². The van der Waals surface area contributed by atoms with Crippen LogP contribution in [0.4, 0.5) is 4.39 Å². The third-order valence-electron chi connectivity index (χ3n) is 2.33. The standard InChI is InChI=1S/C12H16FNO2.C2H6/c1-9-4-5-11(13)10(8-9)12(15)14(2)6-7-16-3;1-2/h4-5,8H,6-7H2,1-3H3;1-2H3. The molecule has 0 saturated heterocycles. The number of carbonyl (C=O) groups excluding carboxylic acids is 1. The van der Waals surface area contributed by atoms with Gasteiger partial charge in [0, 0.05) is 20.7 Å². The lowest BCUT2D eigenvalue weighted by Gasteiger charge is -2.17. The van der Waals surface area contributed by atoms with Crippen LogP contribution in [0.5, 0.6) is 0 Å². The van der Waals surface area contributed by atoms with Crippen LogP contribution in [0, 0.1) is 12.7 Å². The average Bonchev–Trinajstić information content (AvgIpc) is 2.40. The van der Waals surface area contributed by atoms with Crippen LogP contribution in [-0.4, -0.2) is 38.1 Å². The molecule has 102 valence electrons. The van der Waals surface area contributed by atoms with Crippen molar-refractivity contribution in [1.29, 1.82) is 0 Å². The molecule has 0 N–H and O–H groups in total. The highest BCUT2D eigenvalue weighted by atomic mass is 19.1. The summed E-state index contributed by atoms with van der Waals surface area (Å²) >= 11 is 0. The second-order valence-electron chi connectivity index (χ2n) is 3.70. The number of ether oxygens (including phenoxy) is 1. The highest BCUT2D eigenvalue weighted by Crippen LogP contribution is 2.12. The quantitative estimate of drug-likeness (QED) is 0.828. The van der Waals surface area contributed by atoms with Gasteiger partial charge in [-0.3, -0.25) is 4.79 Å². The molecular formula is C14H22FNO2. The SMILES string of the molecule is CC.COCCN(C)C(=O)c1cc(C)ccc1F. The van der Waals surface area contributed by atoms with Crippen LogP contribution in [0.3, 0.4) is 0 Å². The number of amides is 1. The summed E-state index contributed by atoms with van der Waals surface area (Å²) in [6.07, 6.45) is 0. The van der Waals surface area contributed by atoms with E-state index >= 15 is 0 Å². The number of aryl methyl sites for hydroxylation is 1. The summed E-state index contributed by atoms with van der Waals surface area (Å²) in [5.41, 5.74) is 0.975. The van der Waals surface area contributed by atoms with Crippen LogP contribution in [0.2, 0.25) is 0 Å². The Morgan fingerprint density at radius 1 is 1.39 bits per heavy atom. The molecule has 4 heteroatoms. The Bertz CT molecular complexity index is 380. The summed E-state index contributed by atoms with van der Waals surface area (Å²) in [5, 5.41) is 0. The molecule has 3 nitrogen and oxygen atoms in total. The molecule has 0 aliphatic carbocycles.